The van der Waals surface area contributed by atoms with Crippen LogP contribution in [0.25, 0.3) is 0 Å². The number of hydrogen-bond acceptors (Lipinski definition) is 2. The minimum Gasteiger partial charge on any atom is -0.389 e. The van der Waals surface area contributed by atoms with Crippen molar-refractivity contribution >= 4 is 0 Å². The molecule has 1 aliphatic heterocycles. The Bertz CT molecular complexity index is 146. The summed E-state index contributed by atoms with van der Waals surface area (Å²) in [6, 6.07) is 0. The molecule has 0 aromatic rings. The van der Waals surface area contributed by atoms with E-state index in [0.29, 0.717) is 0 Å². The van der Waals surface area contributed by atoms with Crippen LogP contribution in [0, 0.1) is 0 Å². The molecule has 1 heterocycles. The fourth-order valence-electron chi connectivity index (χ4n) is 1.27. The molecule has 64 valence electrons. The first kappa shape index (κ1) is 8.60. The van der Waals surface area contributed by atoms with Crippen LogP contribution in [0.15, 0.2) is 11.8 Å². The lowest BCUT2D eigenvalue weighted by atomic mass is 10.2. The third-order valence-electron chi connectivity index (χ3n) is 2.19. The van der Waals surface area contributed by atoms with Crippen molar-refractivity contribution in [1.29, 1.82) is 0 Å². The highest BCUT2D eigenvalue weighted by Crippen LogP contribution is 2.10. The van der Waals surface area contributed by atoms with Crippen LogP contribution in [-0.2, 0) is 0 Å². The Kier molecular flexibility index (Phi) is 2.94. The standard InChI is InChI=1S/C9H17NO/c1-8(9(2)11)7-10-5-3-4-6-10/h7,9,11H,3-6H2,1-2H3/b8-7-/t9-/m0/s1. The fraction of sp³-hybridized carbons (Fsp3) is 0.778. The summed E-state index contributed by atoms with van der Waals surface area (Å²) < 4.78 is 0. The van der Waals surface area contributed by atoms with Crippen molar-refractivity contribution in [3.63, 3.8) is 0 Å². The van der Waals surface area contributed by atoms with Crippen LogP contribution in [-0.4, -0.2) is 29.2 Å². The maximum absolute atomic E-state index is 9.19. The Morgan fingerprint density at radius 1 is 1.45 bits per heavy atom. The number of likely N-dealkylation sites (tertiary alicyclic amines) is 1. The maximum atomic E-state index is 9.19. The van der Waals surface area contributed by atoms with E-state index < -0.39 is 0 Å². The zero-order valence-electron chi connectivity index (χ0n) is 7.38. The van der Waals surface area contributed by atoms with Gasteiger partial charge in [-0.1, -0.05) is 0 Å². The predicted octanol–water partition coefficient (Wildman–Crippen LogP) is 1.37. The molecule has 0 bridgehead atoms. The van der Waals surface area contributed by atoms with Crippen molar-refractivity contribution in [3.05, 3.63) is 11.8 Å². The first-order valence-electron chi connectivity index (χ1n) is 4.30. The Hall–Kier alpha value is -0.500. The molecule has 0 aliphatic carbocycles. The molecule has 2 heteroatoms. The van der Waals surface area contributed by atoms with Gasteiger partial charge >= 0.3 is 0 Å². The summed E-state index contributed by atoms with van der Waals surface area (Å²) in [4.78, 5) is 2.28. The second kappa shape index (κ2) is 3.77. The summed E-state index contributed by atoms with van der Waals surface area (Å²) in [7, 11) is 0. The Balaban J connectivity index is 2.42. The number of hydrogen-bond donors (Lipinski definition) is 1. The summed E-state index contributed by atoms with van der Waals surface area (Å²) in [6.45, 7) is 6.10. The molecule has 0 amide bonds. The molecule has 0 radical (unpaired) electrons. The Labute approximate surface area is 68.5 Å². The SMILES string of the molecule is C/C(=C/N1CCCC1)[C@H](C)O. The molecule has 1 rings (SSSR count). The summed E-state index contributed by atoms with van der Waals surface area (Å²) in [5, 5.41) is 9.19. The van der Waals surface area contributed by atoms with Gasteiger partial charge in [-0.3, -0.25) is 0 Å². The summed E-state index contributed by atoms with van der Waals surface area (Å²) in [5.41, 5.74) is 1.06. The second-order valence-electron chi connectivity index (χ2n) is 3.29. The highest BCUT2D eigenvalue weighted by atomic mass is 16.3. The second-order valence-corrected chi connectivity index (χ2v) is 3.29. The van der Waals surface area contributed by atoms with E-state index in [1.165, 1.54) is 12.8 Å². The lowest BCUT2D eigenvalue weighted by molar-refractivity contribution is 0.228. The smallest absolute Gasteiger partial charge is 0.0736 e. The van der Waals surface area contributed by atoms with E-state index in [-0.39, 0.29) is 6.10 Å². The van der Waals surface area contributed by atoms with E-state index >= 15 is 0 Å². The van der Waals surface area contributed by atoms with Gasteiger partial charge in [-0.2, -0.15) is 0 Å². The van der Waals surface area contributed by atoms with Crippen molar-refractivity contribution < 1.29 is 5.11 Å². The lowest BCUT2D eigenvalue weighted by Gasteiger charge is -2.14. The highest BCUT2D eigenvalue weighted by Gasteiger charge is 2.08. The van der Waals surface area contributed by atoms with E-state index in [1.807, 2.05) is 13.8 Å². The Morgan fingerprint density at radius 2 is 2.00 bits per heavy atom. The van der Waals surface area contributed by atoms with Gasteiger partial charge in [-0.25, -0.2) is 0 Å². The average molecular weight is 155 g/mol. The van der Waals surface area contributed by atoms with Gasteiger partial charge in [0.2, 0.25) is 0 Å². The van der Waals surface area contributed by atoms with Gasteiger partial charge in [-0.15, -0.1) is 0 Å². The number of rotatable bonds is 2. The van der Waals surface area contributed by atoms with Crippen molar-refractivity contribution in [1.82, 2.24) is 4.90 Å². The minimum atomic E-state index is -0.296. The summed E-state index contributed by atoms with van der Waals surface area (Å²) in [5.74, 6) is 0. The predicted molar refractivity (Wildman–Crippen MR) is 46.2 cm³/mol. The molecule has 1 fully saturated rings. The topological polar surface area (TPSA) is 23.5 Å². The van der Waals surface area contributed by atoms with Gasteiger partial charge in [0.25, 0.3) is 0 Å². The highest BCUT2D eigenvalue weighted by molar-refractivity contribution is 5.02. The molecule has 0 aromatic heterocycles. The van der Waals surface area contributed by atoms with Crippen LogP contribution < -0.4 is 0 Å². The molecular weight excluding hydrogens is 138 g/mol. The Morgan fingerprint density at radius 3 is 2.45 bits per heavy atom. The average Bonchev–Trinajstić information content (AvgIpc) is 2.39. The lowest BCUT2D eigenvalue weighted by Crippen LogP contribution is -2.14. The molecule has 1 N–H and O–H groups in total. The van der Waals surface area contributed by atoms with Crippen molar-refractivity contribution in [2.24, 2.45) is 0 Å². The number of nitrogens with zero attached hydrogens (tertiary/aromatic N) is 1. The maximum Gasteiger partial charge on any atom is 0.0736 e. The molecule has 2 nitrogen and oxygen atoms in total. The van der Waals surface area contributed by atoms with Crippen LogP contribution in [0.4, 0.5) is 0 Å². The zero-order valence-corrected chi connectivity index (χ0v) is 7.38. The molecular formula is C9H17NO. The quantitative estimate of drug-likeness (QED) is 0.651. The van der Waals surface area contributed by atoms with Gasteiger partial charge in [0.1, 0.15) is 0 Å². The largest absolute Gasteiger partial charge is 0.389 e. The van der Waals surface area contributed by atoms with Gasteiger partial charge < -0.3 is 10.0 Å². The van der Waals surface area contributed by atoms with Crippen LogP contribution >= 0.6 is 0 Å². The first-order valence-corrected chi connectivity index (χ1v) is 4.30. The third-order valence-corrected chi connectivity index (χ3v) is 2.19. The van der Waals surface area contributed by atoms with Crippen LogP contribution in [0.2, 0.25) is 0 Å². The van der Waals surface area contributed by atoms with Gasteiger partial charge in [0.05, 0.1) is 6.10 Å². The monoisotopic (exact) mass is 155 g/mol. The van der Waals surface area contributed by atoms with Crippen LogP contribution in [0.1, 0.15) is 26.7 Å². The third kappa shape index (κ3) is 2.54. The van der Waals surface area contributed by atoms with Crippen LogP contribution in [0.5, 0.6) is 0 Å². The molecule has 11 heavy (non-hydrogen) atoms. The van der Waals surface area contributed by atoms with E-state index in [9.17, 15) is 5.11 Å². The fourth-order valence-corrected chi connectivity index (χ4v) is 1.27. The van der Waals surface area contributed by atoms with Gasteiger partial charge in [0.15, 0.2) is 0 Å². The van der Waals surface area contributed by atoms with E-state index in [1.54, 1.807) is 0 Å². The molecule has 1 aliphatic rings. The van der Waals surface area contributed by atoms with E-state index in [0.717, 1.165) is 18.7 Å². The summed E-state index contributed by atoms with van der Waals surface area (Å²) in [6.07, 6.45) is 4.38. The summed E-state index contributed by atoms with van der Waals surface area (Å²) >= 11 is 0. The minimum absolute atomic E-state index is 0.296. The molecule has 0 spiro atoms. The number of aliphatic hydroxyl groups excluding tert-OH is 1. The molecule has 1 saturated heterocycles. The van der Waals surface area contributed by atoms with Gasteiger partial charge in [0, 0.05) is 19.3 Å². The van der Waals surface area contributed by atoms with Gasteiger partial charge in [-0.05, 0) is 32.3 Å². The first-order chi connectivity index (χ1) is 5.20. The van der Waals surface area contributed by atoms with Crippen molar-refractivity contribution in [2.75, 3.05) is 13.1 Å². The molecule has 1 atom stereocenters. The zero-order chi connectivity index (χ0) is 8.27. The van der Waals surface area contributed by atoms with Crippen molar-refractivity contribution in [2.45, 2.75) is 32.8 Å². The van der Waals surface area contributed by atoms with Crippen molar-refractivity contribution in [3.8, 4) is 0 Å². The molecule has 0 saturated carbocycles. The molecule has 0 unspecified atom stereocenters. The van der Waals surface area contributed by atoms with Crippen LogP contribution in [0.3, 0.4) is 0 Å². The number of aliphatic hydroxyl groups is 1. The normalized spacial score (nSPS) is 22.5. The van der Waals surface area contributed by atoms with E-state index in [4.69, 9.17) is 0 Å². The van der Waals surface area contributed by atoms with E-state index in [2.05, 4.69) is 11.1 Å². The molecule has 0 aromatic carbocycles.